The number of hydrogen-bond acceptors (Lipinski definition) is 4. The molecule has 2 aromatic rings. The Morgan fingerprint density at radius 2 is 2.00 bits per heavy atom. The van der Waals surface area contributed by atoms with Gasteiger partial charge in [0.15, 0.2) is 0 Å². The van der Waals surface area contributed by atoms with E-state index in [-0.39, 0.29) is 0 Å². The Morgan fingerprint density at radius 1 is 1.30 bits per heavy atom. The van der Waals surface area contributed by atoms with Gasteiger partial charge in [-0.3, -0.25) is 10.1 Å². The highest BCUT2D eigenvalue weighted by molar-refractivity contribution is 5.75. The van der Waals surface area contributed by atoms with Crippen molar-refractivity contribution in [1.29, 1.82) is 0 Å². The van der Waals surface area contributed by atoms with E-state index in [9.17, 15) is 9.90 Å². The lowest BCUT2D eigenvalue weighted by Crippen LogP contribution is -2.28. The monoisotopic (exact) mass is 274 g/mol. The van der Waals surface area contributed by atoms with Crippen LogP contribution in [0.1, 0.15) is 17.4 Å². The lowest BCUT2D eigenvalue weighted by molar-refractivity contribution is -0.139. The molecule has 0 aliphatic rings. The van der Waals surface area contributed by atoms with E-state index in [4.69, 9.17) is 4.42 Å². The first-order valence-electron chi connectivity index (χ1n) is 6.34. The van der Waals surface area contributed by atoms with Crippen LogP contribution in [0.3, 0.4) is 0 Å². The highest BCUT2D eigenvalue weighted by atomic mass is 16.4. The predicted octanol–water partition coefficient (Wildman–Crippen LogP) is 2.26. The van der Waals surface area contributed by atoms with Gasteiger partial charge in [-0.05, 0) is 29.8 Å². The second kappa shape index (κ2) is 6.25. The number of carboxylic acid groups (broad SMARTS) is 1. The van der Waals surface area contributed by atoms with E-state index < -0.39 is 12.0 Å². The topological polar surface area (TPSA) is 65.7 Å². The third-order valence-corrected chi connectivity index (χ3v) is 3.05. The van der Waals surface area contributed by atoms with Crippen molar-refractivity contribution in [3.63, 3.8) is 0 Å². The van der Waals surface area contributed by atoms with Crippen molar-refractivity contribution in [3.8, 4) is 0 Å². The molecule has 1 aromatic heterocycles. The fraction of sp³-hybridized carbons (Fsp3) is 0.267. The first-order chi connectivity index (χ1) is 9.58. The quantitative estimate of drug-likeness (QED) is 0.846. The predicted molar refractivity (Wildman–Crippen MR) is 76.7 cm³/mol. The third-order valence-electron chi connectivity index (χ3n) is 3.05. The molecule has 0 fully saturated rings. The molecule has 5 nitrogen and oxygen atoms in total. The van der Waals surface area contributed by atoms with Gasteiger partial charge in [0.1, 0.15) is 11.8 Å². The summed E-state index contributed by atoms with van der Waals surface area (Å²) in [4.78, 5) is 13.3. The number of hydrogen-bond donors (Lipinski definition) is 2. The molecule has 0 aliphatic carbocycles. The van der Waals surface area contributed by atoms with Gasteiger partial charge in [0, 0.05) is 19.8 Å². The molecule has 0 saturated heterocycles. The van der Waals surface area contributed by atoms with Gasteiger partial charge in [0.2, 0.25) is 0 Å². The van der Waals surface area contributed by atoms with Gasteiger partial charge >= 0.3 is 5.97 Å². The molecule has 5 heteroatoms. The normalized spacial score (nSPS) is 12.1. The van der Waals surface area contributed by atoms with E-state index in [1.165, 1.54) is 0 Å². The maximum absolute atomic E-state index is 11.4. The number of aliphatic carboxylic acids is 1. The van der Waals surface area contributed by atoms with Crippen LogP contribution in [0, 0.1) is 0 Å². The second-order valence-corrected chi connectivity index (χ2v) is 4.72. The molecule has 0 spiro atoms. The van der Waals surface area contributed by atoms with Crippen molar-refractivity contribution in [3.05, 3.63) is 54.0 Å². The van der Waals surface area contributed by atoms with Gasteiger partial charge in [-0.25, -0.2) is 0 Å². The van der Waals surface area contributed by atoms with Crippen LogP contribution < -0.4 is 10.2 Å². The van der Waals surface area contributed by atoms with Crippen LogP contribution in [0.25, 0.3) is 0 Å². The fourth-order valence-corrected chi connectivity index (χ4v) is 1.93. The summed E-state index contributed by atoms with van der Waals surface area (Å²) in [5.41, 5.74) is 1.75. The fourth-order valence-electron chi connectivity index (χ4n) is 1.93. The van der Waals surface area contributed by atoms with Gasteiger partial charge < -0.3 is 14.4 Å². The number of carboxylic acids is 1. The second-order valence-electron chi connectivity index (χ2n) is 4.72. The van der Waals surface area contributed by atoms with E-state index >= 15 is 0 Å². The average Bonchev–Trinajstić information content (AvgIpc) is 2.92. The molecule has 1 heterocycles. The van der Waals surface area contributed by atoms with Crippen molar-refractivity contribution in [1.82, 2.24) is 5.32 Å². The van der Waals surface area contributed by atoms with Crippen molar-refractivity contribution < 1.29 is 14.3 Å². The maximum Gasteiger partial charge on any atom is 0.325 e. The Kier molecular flexibility index (Phi) is 4.42. The van der Waals surface area contributed by atoms with Crippen LogP contribution in [0.2, 0.25) is 0 Å². The summed E-state index contributed by atoms with van der Waals surface area (Å²) in [5, 5.41) is 12.3. The molecule has 0 aliphatic heterocycles. The van der Waals surface area contributed by atoms with Crippen LogP contribution >= 0.6 is 0 Å². The number of carbonyl (C=O) groups is 1. The summed E-state index contributed by atoms with van der Waals surface area (Å²) in [7, 11) is 3.89. The minimum Gasteiger partial charge on any atom is -0.480 e. The van der Waals surface area contributed by atoms with E-state index in [0.717, 1.165) is 11.3 Å². The minimum absolute atomic E-state index is 0.374. The van der Waals surface area contributed by atoms with Gasteiger partial charge in [0.05, 0.1) is 12.8 Å². The van der Waals surface area contributed by atoms with E-state index in [1.807, 2.05) is 43.3 Å². The molecule has 1 atom stereocenters. The molecular weight excluding hydrogens is 256 g/mol. The van der Waals surface area contributed by atoms with E-state index in [2.05, 4.69) is 5.32 Å². The molecule has 1 aromatic carbocycles. The molecule has 0 bridgehead atoms. The summed E-state index contributed by atoms with van der Waals surface area (Å²) >= 11 is 0. The first-order valence-corrected chi connectivity index (χ1v) is 6.34. The SMILES string of the molecule is CN(C)c1ccc(C(NCc2ccco2)C(=O)O)cc1. The number of benzene rings is 1. The molecule has 1 unspecified atom stereocenters. The van der Waals surface area contributed by atoms with Crippen molar-refractivity contribution in [2.24, 2.45) is 0 Å². The number of anilines is 1. The molecule has 0 saturated carbocycles. The smallest absolute Gasteiger partial charge is 0.325 e. The summed E-state index contributed by atoms with van der Waals surface area (Å²) < 4.78 is 5.19. The highest BCUT2D eigenvalue weighted by Crippen LogP contribution is 2.19. The molecule has 2 rings (SSSR count). The Hall–Kier alpha value is -2.27. The van der Waals surface area contributed by atoms with Gasteiger partial charge in [-0.2, -0.15) is 0 Å². The molecule has 20 heavy (non-hydrogen) atoms. The highest BCUT2D eigenvalue weighted by Gasteiger charge is 2.19. The lowest BCUT2D eigenvalue weighted by atomic mass is 10.1. The average molecular weight is 274 g/mol. The largest absolute Gasteiger partial charge is 0.480 e. The van der Waals surface area contributed by atoms with Gasteiger partial charge in [-0.1, -0.05) is 12.1 Å². The number of nitrogens with one attached hydrogen (secondary N) is 1. The third kappa shape index (κ3) is 3.39. The van der Waals surface area contributed by atoms with Crippen molar-refractivity contribution in [2.75, 3.05) is 19.0 Å². The van der Waals surface area contributed by atoms with Gasteiger partial charge in [0.25, 0.3) is 0 Å². The zero-order chi connectivity index (χ0) is 14.5. The Morgan fingerprint density at radius 3 is 2.50 bits per heavy atom. The van der Waals surface area contributed by atoms with Crippen LogP contribution in [-0.4, -0.2) is 25.2 Å². The minimum atomic E-state index is -0.908. The van der Waals surface area contributed by atoms with Crippen LogP contribution in [-0.2, 0) is 11.3 Å². The zero-order valence-corrected chi connectivity index (χ0v) is 11.5. The molecule has 0 amide bonds. The number of rotatable bonds is 6. The molecule has 2 N–H and O–H groups in total. The van der Waals surface area contributed by atoms with Crippen molar-refractivity contribution in [2.45, 2.75) is 12.6 Å². The standard InChI is InChI=1S/C15H18N2O3/c1-17(2)12-7-5-11(6-8-12)14(15(18)19)16-10-13-4-3-9-20-13/h3-9,14,16H,10H2,1-2H3,(H,18,19). The molecule has 106 valence electrons. The molecule has 0 radical (unpaired) electrons. The first kappa shape index (κ1) is 14.1. The lowest BCUT2D eigenvalue weighted by Gasteiger charge is -2.16. The number of nitrogens with zero attached hydrogens (tertiary/aromatic N) is 1. The van der Waals surface area contributed by atoms with E-state index in [1.54, 1.807) is 18.4 Å². The van der Waals surface area contributed by atoms with Crippen LogP contribution in [0.15, 0.2) is 47.1 Å². The van der Waals surface area contributed by atoms with Crippen LogP contribution in [0.4, 0.5) is 5.69 Å². The summed E-state index contributed by atoms with van der Waals surface area (Å²) in [6, 6.07) is 10.3. The number of furan rings is 1. The Balaban J connectivity index is 2.09. The summed E-state index contributed by atoms with van der Waals surface area (Å²) in [6.07, 6.45) is 1.57. The Labute approximate surface area is 117 Å². The van der Waals surface area contributed by atoms with Gasteiger partial charge in [-0.15, -0.1) is 0 Å². The molecular formula is C15H18N2O3. The maximum atomic E-state index is 11.4. The Bertz CT molecular complexity index is 547. The summed E-state index contributed by atoms with van der Waals surface area (Å²) in [5.74, 6) is -0.199. The van der Waals surface area contributed by atoms with E-state index in [0.29, 0.717) is 12.3 Å². The van der Waals surface area contributed by atoms with Crippen LogP contribution in [0.5, 0.6) is 0 Å². The zero-order valence-electron chi connectivity index (χ0n) is 11.5. The summed E-state index contributed by atoms with van der Waals surface area (Å²) in [6.45, 7) is 0.374. The van der Waals surface area contributed by atoms with Crippen molar-refractivity contribution >= 4 is 11.7 Å².